The smallest absolute Gasteiger partial charge is 0.410 e. The number of ether oxygens (including phenoxy) is 1. The lowest BCUT2D eigenvalue weighted by atomic mass is 10.0. The van der Waals surface area contributed by atoms with Crippen LogP contribution in [0.5, 0.6) is 0 Å². The highest BCUT2D eigenvalue weighted by Gasteiger charge is 2.49. The van der Waals surface area contributed by atoms with Crippen LogP contribution < -0.4 is 0 Å². The molecule has 1 aliphatic carbocycles. The fourth-order valence-corrected chi connectivity index (χ4v) is 5.17. The van der Waals surface area contributed by atoms with Crippen LogP contribution >= 0.6 is 11.3 Å². The number of likely N-dealkylation sites (N-methyl/N-ethyl adjacent to an activating group) is 1. The van der Waals surface area contributed by atoms with Gasteiger partial charge in [0.25, 0.3) is 5.91 Å². The second-order valence-electron chi connectivity index (χ2n) is 7.00. The summed E-state index contributed by atoms with van der Waals surface area (Å²) in [6, 6.07) is 2.10. The van der Waals surface area contributed by atoms with Crippen molar-refractivity contribution in [1.29, 1.82) is 0 Å². The molecular formula is C17H22N2O3S. The molecule has 124 valence electrons. The molecule has 0 aromatic carbocycles. The van der Waals surface area contributed by atoms with Crippen molar-refractivity contribution >= 4 is 23.3 Å². The summed E-state index contributed by atoms with van der Waals surface area (Å²) in [5, 5.41) is 0. The predicted octanol–water partition coefficient (Wildman–Crippen LogP) is 2.68. The highest BCUT2D eigenvalue weighted by atomic mass is 32.1. The quantitative estimate of drug-likeness (QED) is 0.742. The summed E-state index contributed by atoms with van der Waals surface area (Å²) < 4.78 is 5.53. The predicted molar refractivity (Wildman–Crippen MR) is 87.9 cm³/mol. The third-order valence-corrected chi connectivity index (χ3v) is 6.43. The van der Waals surface area contributed by atoms with Crippen molar-refractivity contribution in [2.75, 3.05) is 26.7 Å². The van der Waals surface area contributed by atoms with E-state index in [4.69, 9.17) is 4.74 Å². The zero-order chi connectivity index (χ0) is 16.0. The van der Waals surface area contributed by atoms with E-state index in [9.17, 15) is 9.59 Å². The largest absolute Gasteiger partial charge is 0.439 e. The van der Waals surface area contributed by atoms with Crippen LogP contribution in [0.3, 0.4) is 0 Å². The number of carbonyl (C=O) groups is 2. The SMILES string of the molecule is CN1C[C@@]2(CCN(C(=O)c3cc4c(s3)CCCCC4)C2)OC1=O. The van der Waals surface area contributed by atoms with Gasteiger partial charge in [-0.1, -0.05) is 6.42 Å². The number of carbonyl (C=O) groups excluding carboxylic acids is 2. The van der Waals surface area contributed by atoms with Crippen molar-refractivity contribution in [2.45, 2.75) is 44.1 Å². The van der Waals surface area contributed by atoms with Crippen LogP contribution in [0.15, 0.2) is 6.07 Å². The molecule has 4 rings (SSSR count). The van der Waals surface area contributed by atoms with E-state index >= 15 is 0 Å². The molecule has 0 radical (unpaired) electrons. The normalized spacial score (nSPS) is 27.3. The Balaban J connectivity index is 1.49. The number of aryl methyl sites for hydroxylation is 2. The van der Waals surface area contributed by atoms with Gasteiger partial charge in [-0.3, -0.25) is 4.79 Å². The Morgan fingerprint density at radius 2 is 2.09 bits per heavy atom. The average Bonchev–Trinajstić information content (AvgIpc) is 3.14. The molecule has 1 atom stereocenters. The van der Waals surface area contributed by atoms with Crippen LogP contribution in [-0.2, 0) is 17.6 Å². The van der Waals surface area contributed by atoms with Crippen LogP contribution in [0, 0.1) is 0 Å². The van der Waals surface area contributed by atoms with E-state index in [1.165, 1.54) is 29.7 Å². The van der Waals surface area contributed by atoms with Gasteiger partial charge in [-0.15, -0.1) is 11.3 Å². The van der Waals surface area contributed by atoms with E-state index in [0.717, 1.165) is 24.1 Å². The second kappa shape index (κ2) is 5.51. The number of amides is 2. The van der Waals surface area contributed by atoms with Gasteiger partial charge in [0.05, 0.1) is 18.0 Å². The number of hydrogen-bond acceptors (Lipinski definition) is 4. The first-order valence-corrected chi connectivity index (χ1v) is 9.23. The highest BCUT2D eigenvalue weighted by Crippen LogP contribution is 2.34. The fourth-order valence-electron chi connectivity index (χ4n) is 3.95. The minimum atomic E-state index is -0.490. The maximum absolute atomic E-state index is 12.8. The first kappa shape index (κ1) is 15.0. The molecule has 2 aliphatic heterocycles. The van der Waals surface area contributed by atoms with E-state index in [1.807, 2.05) is 4.90 Å². The summed E-state index contributed by atoms with van der Waals surface area (Å²) in [5.41, 5.74) is 0.882. The summed E-state index contributed by atoms with van der Waals surface area (Å²) in [4.78, 5) is 30.2. The summed E-state index contributed by atoms with van der Waals surface area (Å²) in [7, 11) is 1.75. The molecule has 3 aliphatic rings. The monoisotopic (exact) mass is 334 g/mol. The topological polar surface area (TPSA) is 49.9 Å². The van der Waals surface area contributed by atoms with Crippen LogP contribution in [0.2, 0.25) is 0 Å². The molecule has 0 unspecified atom stereocenters. The second-order valence-corrected chi connectivity index (χ2v) is 8.14. The van der Waals surface area contributed by atoms with E-state index in [1.54, 1.807) is 23.3 Å². The summed E-state index contributed by atoms with van der Waals surface area (Å²) in [6.07, 6.45) is 6.42. The summed E-state index contributed by atoms with van der Waals surface area (Å²) in [5.74, 6) is 0.102. The number of rotatable bonds is 1. The van der Waals surface area contributed by atoms with Crippen molar-refractivity contribution in [2.24, 2.45) is 0 Å². The molecule has 5 nitrogen and oxygen atoms in total. The zero-order valence-corrected chi connectivity index (χ0v) is 14.3. The average molecular weight is 334 g/mol. The molecule has 1 aromatic rings. The third-order valence-electron chi connectivity index (χ3n) is 5.20. The number of fused-ring (bicyclic) bond motifs is 1. The Hall–Kier alpha value is -1.56. The third kappa shape index (κ3) is 2.63. The first-order valence-electron chi connectivity index (χ1n) is 8.41. The molecule has 1 aromatic heterocycles. The summed E-state index contributed by atoms with van der Waals surface area (Å²) in [6.45, 7) is 1.77. The van der Waals surface area contributed by atoms with Crippen LogP contribution in [0.25, 0.3) is 0 Å². The van der Waals surface area contributed by atoms with Crippen molar-refractivity contribution in [3.8, 4) is 0 Å². The molecule has 0 bridgehead atoms. The van der Waals surface area contributed by atoms with Crippen LogP contribution in [0.4, 0.5) is 4.79 Å². The van der Waals surface area contributed by atoms with Gasteiger partial charge in [-0.25, -0.2) is 4.79 Å². The fraction of sp³-hybridized carbons (Fsp3) is 0.647. The van der Waals surface area contributed by atoms with Crippen LogP contribution in [0.1, 0.15) is 45.8 Å². The Labute approximate surface area is 140 Å². The Bertz CT molecular complexity index is 633. The standard InChI is InChI=1S/C17H22N2O3S/c1-18-10-17(22-16(18)21)7-8-19(11-17)15(20)14-9-12-5-3-2-4-6-13(12)23-14/h9H,2-8,10-11H2,1H3/t17-/m1/s1. The minimum Gasteiger partial charge on any atom is -0.439 e. The zero-order valence-electron chi connectivity index (χ0n) is 13.5. The summed E-state index contributed by atoms with van der Waals surface area (Å²) >= 11 is 1.67. The molecule has 0 saturated carbocycles. The molecule has 6 heteroatoms. The van der Waals surface area contributed by atoms with Gasteiger partial charge in [-0.05, 0) is 37.3 Å². The maximum atomic E-state index is 12.8. The van der Waals surface area contributed by atoms with E-state index < -0.39 is 5.60 Å². The first-order chi connectivity index (χ1) is 11.1. The maximum Gasteiger partial charge on any atom is 0.410 e. The van der Waals surface area contributed by atoms with Crippen LogP contribution in [-0.4, -0.2) is 54.1 Å². The minimum absolute atomic E-state index is 0.102. The van der Waals surface area contributed by atoms with E-state index in [0.29, 0.717) is 19.6 Å². The van der Waals surface area contributed by atoms with Gasteiger partial charge in [-0.2, -0.15) is 0 Å². The van der Waals surface area contributed by atoms with Crippen molar-refractivity contribution in [3.05, 3.63) is 21.4 Å². The Kier molecular flexibility index (Phi) is 3.59. The molecule has 2 saturated heterocycles. The lowest BCUT2D eigenvalue weighted by molar-refractivity contribution is 0.0555. The Morgan fingerprint density at radius 3 is 2.87 bits per heavy atom. The van der Waals surface area contributed by atoms with Crippen molar-refractivity contribution < 1.29 is 14.3 Å². The molecule has 0 N–H and O–H groups in total. The number of likely N-dealkylation sites (tertiary alicyclic amines) is 1. The van der Waals surface area contributed by atoms with Gasteiger partial charge in [0.1, 0.15) is 0 Å². The molecule has 23 heavy (non-hydrogen) atoms. The van der Waals surface area contributed by atoms with Gasteiger partial charge in [0, 0.05) is 24.9 Å². The molecule has 2 amide bonds. The number of thiophene rings is 1. The van der Waals surface area contributed by atoms with E-state index in [2.05, 4.69) is 6.07 Å². The molecular weight excluding hydrogens is 312 g/mol. The number of hydrogen-bond donors (Lipinski definition) is 0. The molecule has 2 fully saturated rings. The molecule has 1 spiro atoms. The highest BCUT2D eigenvalue weighted by molar-refractivity contribution is 7.14. The Morgan fingerprint density at radius 1 is 1.26 bits per heavy atom. The van der Waals surface area contributed by atoms with Crippen molar-refractivity contribution in [3.63, 3.8) is 0 Å². The van der Waals surface area contributed by atoms with Gasteiger partial charge in [0.15, 0.2) is 5.60 Å². The lowest BCUT2D eigenvalue weighted by Gasteiger charge is -2.21. The lowest BCUT2D eigenvalue weighted by Crippen LogP contribution is -2.38. The number of nitrogens with zero attached hydrogens (tertiary/aromatic N) is 2. The molecule has 3 heterocycles. The van der Waals surface area contributed by atoms with Gasteiger partial charge >= 0.3 is 6.09 Å². The van der Waals surface area contributed by atoms with Gasteiger partial charge in [0.2, 0.25) is 0 Å². The van der Waals surface area contributed by atoms with Gasteiger partial charge < -0.3 is 14.5 Å². The van der Waals surface area contributed by atoms with Crippen molar-refractivity contribution in [1.82, 2.24) is 9.80 Å². The van der Waals surface area contributed by atoms with E-state index in [-0.39, 0.29) is 12.0 Å².